The van der Waals surface area contributed by atoms with Gasteiger partial charge >= 0.3 is 0 Å². The van der Waals surface area contributed by atoms with Gasteiger partial charge in [0.25, 0.3) is 0 Å². The van der Waals surface area contributed by atoms with Crippen LogP contribution in [0.4, 0.5) is 5.69 Å². The van der Waals surface area contributed by atoms with Crippen LogP contribution in [-0.4, -0.2) is 18.4 Å². The summed E-state index contributed by atoms with van der Waals surface area (Å²) in [5, 5.41) is 5.94. The number of fused-ring (bicyclic) bond motifs is 1. The van der Waals surface area contributed by atoms with Crippen LogP contribution in [0.25, 0.3) is 0 Å². The highest BCUT2D eigenvalue weighted by Crippen LogP contribution is 2.25. The largest absolute Gasteiger partial charge is 0.356 e. The molecule has 112 valence electrons. The number of benzene rings is 1. The van der Waals surface area contributed by atoms with Gasteiger partial charge in [-0.15, -0.1) is 0 Å². The molecule has 4 nitrogen and oxygen atoms in total. The van der Waals surface area contributed by atoms with Gasteiger partial charge in [-0.05, 0) is 42.9 Å². The number of anilines is 1. The Morgan fingerprint density at radius 2 is 2.05 bits per heavy atom. The second-order valence-electron chi connectivity index (χ2n) is 6.06. The normalized spacial score (nSPS) is 18.2. The number of hydrogen-bond donors (Lipinski definition) is 2. The first-order valence-corrected chi connectivity index (χ1v) is 7.92. The van der Waals surface area contributed by atoms with E-state index in [1.165, 1.54) is 24.0 Å². The fourth-order valence-electron chi connectivity index (χ4n) is 3.25. The molecule has 1 fully saturated rings. The van der Waals surface area contributed by atoms with Crippen molar-refractivity contribution in [3.05, 3.63) is 29.3 Å². The topological polar surface area (TPSA) is 58.2 Å². The highest BCUT2D eigenvalue weighted by molar-refractivity contribution is 5.93. The maximum absolute atomic E-state index is 11.9. The molecule has 2 N–H and O–H groups in total. The van der Waals surface area contributed by atoms with Crippen molar-refractivity contribution in [3.63, 3.8) is 0 Å². The molecule has 1 heterocycles. The van der Waals surface area contributed by atoms with Crippen molar-refractivity contribution in [1.82, 2.24) is 5.32 Å². The van der Waals surface area contributed by atoms with E-state index in [-0.39, 0.29) is 17.7 Å². The zero-order valence-electron chi connectivity index (χ0n) is 12.3. The molecule has 0 unspecified atom stereocenters. The Kier molecular flexibility index (Phi) is 4.23. The molecule has 3 rings (SSSR count). The van der Waals surface area contributed by atoms with Crippen molar-refractivity contribution in [1.29, 1.82) is 0 Å². The molecule has 0 atom stereocenters. The highest BCUT2D eigenvalue weighted by Gasteiger charge is 2.22. The van der Waals surface area contributed by atoms with Crippen LogP contribution < -0.4 is 10.6 Å². The summed E-state index contributed by atoms with van der Waals surface area (Å²) in [5.41, 5.74) is 3.36. The number of carbonyl (C=O) groups is 2. The van der Waals surface area contributed by atoms with Crippen LogP contribution in [0.5, 0.6) is 0 Å². The van der Waals surface area contributed by atoms with Crippen molar-refractivity contribution in [3.8, 4) is 0 Å². The summed E-state index contributed by atoms with van der Waals surface area (Å²) in [4.78, 5) is 23.3. The molecule has 1 aromatic carbocycles. The fourth-order valence-corrected chi connectivity index (χ4v) is 3.25. The van der Waals surface area contributed by atoms with Gasteiger partial charge in [0.15, 0.2) is 0 Å². The van der Waals surface area contributed by atoms with Crippen molar-refractivity contribution in [2.45, 2.75) is 44.9 Å². The standard InChI is InChI=1S/C17H22N2O2/c20-16-8-6-14-11-12(5-7-15(14)19-16)9-10-18-17(21)13-3-1-2-4-13/h5,7,11,13H,1-4,6,8-10H2,(H,18,21)(H,19,20). The van der Waals surface area contributed by atoms with Crippen molar-refractivity contribution in [2.24, 2.45) is 5.92 Å². The van der Waals surface area contributed by atoms with Gasteiger partial charge in [-0.25, -0.2) is 0 Å². The van der Waals surface area contributed by atoms with Crippen LogP contribution in [-0.2, 0) is 22.4 Å². The third-order valence-electron chi connectivity index (χ3n) is 4.50. The zero-order valence-corrected chi connectivity index (χ0v) is 12.3. The second kappa shape index (κ2) is 6.29. The van der Waals surface area contributed by atoms with Crippen LogP contribution in [0, 0.1) is 5.92 Å². The molecule has 2 amide bonds. The fraction of sp³-hybridized carbons (Fsp3) is 0.529. The summed E-state index contributed by atoms with van der Waals surface area (Å²) in [6.45, 7) is 0.695. The second-order valence-corrected chi connectivity index (χ2v) is 6.06. The van der Waals surface area contributed by atoms with Crippen LogP contribution in [0.2, 0.25) is 0 Å². The molecule has 1 saturated carbocycles. The first-order valence-electron chi connectivity index (χ1n) is 7.92. The Morgan fingerprint density at radius 3 is 2.86 bits per heavy atom. The van der Waals surface area contributed by atoms with Crippen molar-refractivity contribution in [2.75, 3.05) is 11.9 Å². The third-order valence-corrected chi connectivity index (χ3v) is 4.50. The van der Waals surface area contributed by atoms with Crippen LogP contribution in [0.1, 0.15) is 43.2 Å². The molecule has 1 aliphatic heterocycles. The summed E-state index contributed by atoms with van der Waals surface area (Å²) < 4.78 is 0. The van der Waals surface area contributed by atoms with Gasteiger partial charge in [-0.2, -0.15) is 0 Å². The van der Waals surface area contributed by atoms with E-state index in [1.807, 2.05) is 12.1 Å². The molecular formula is C17H22N2O2. The smallest absolute Gasteiger partial charge is 0.224 e. The van der Waals surface area contributed by atoms with Crippen LogP contribution in [0.15, 0.2) is 18.2 Å². The average molecular weight is 286 g/mol. The molecule has 0 saturated heterocycles. The molecule has 1 aromatic rings. The zero-order chi connectivity index (χ0) is 14.7. The van der Waals surface area contributed by atoms with Crippen LogP contribution in [0.3, 0.4) is 0 Å². The Labute approximate surface area is 125 Å². The Bertz CT molecular complexity index is 548. The first-order chi connectivity index (χ1) is 10.2. The lowest BCUT2D eigenvalue weighted by molar-refractivity contribution is -0.124. The predicted molar refractivity (Wildman–Crippen MR) is 82.1 cm³/mol. The highest BCUT2D eigenvalue weighted by atomic mass is 16.2. The van der Waals surface area contributed by atoms with Crippen molar-refractivity contribution >= 4 is 17.5 Å². The SMILES string of the molecule is O=C1CCc2cc(CCNC(=O)C3CCCC3)ccc2N1. The summed E-state index contributed by atoms with van der Waals surface area (Å²) in [5.74, 6) is 0.556. The van der Waals surface area contributed by atoms with E-state index in [9.17, 15) is 9.59 Å². The summed E-state index contributed by atoms with van der Waals surface area (Å²) in [6, 6.07) is 6.16. The number of rotatable bonds is 4. The van der Waals surface area contributed by atoms with Gasteiger partial charge in [0.1, 0.15) is 0 Å². The quantitative estimate of drug-likeness (QED) is 0.893. The maximum Gasteiger partial charge on any atom is 0.224 e. The molecule has 21 heavy (non-hydrogen) atoms. The maximum atomic E-state index is 11.9. The van der Waals surface area contributed by atoms with Crippen molar-refractivity contribution < 1.29 is 9.59 Å². The van der Waals surface area contributed by atoms with E-state index in [4.69, 9.17) is 0 Å². The lowest BCUT2D eigenvalue weighted by atomic mass is 9.99. The van der Waals surface area contributed by atoms with E-state index >= 15 is 0 Å². The Morgan fingerprint density at radius 1 is 1.24 bits per heavy atom. The van der Waals surface area contributed by atoms with Gasteiger partial charge in [0, 0.05) is 24.6 Å². The number of carbonyl (C=O) groups excluding carboxylic acids is 2. The summed E-state index contributed by atoms with van der Waals surface area (Å²) in [7, 11) is 0. The van der Waals surface area contributed by atoms with Gasteiger partial charge < -0.3 is 10.6 Å². The molecule has 2 aliphatic rings. The van der Waals surface area contributed by atoms with E-state index in [0.717, 1.165) is 31.4 Å². The lowest BCUT2D eigenvalue weighted by Gasteiger charge is -2.17. The molecule has 1 aliphatic carbocycles. The number of aryl methyl sites for hydroxylation is 1. The first kappa shape index (κ1) is 14.1. The molecule has 0 spiro atoms. The number of nitrogens with one attached hydrogen (secondary N) is 2. The van der Waals surface area contributed by atoms with E-state index in [1.54, 1.807) is 0 Å². The Balaban J connectivity index is 1.51. The minimum Gasteiger partial charge on any atom is -0.356 e. The van der Waals surface area contributed by atoms with Gasteiger partial charge in [0.2, 0.25) is 11.8 Å². The van der Waals surface area contributed by atoms with Gasteiger partial charge in [-0.3, -0.25) is 9.59 Å². The molecular weight excluding hydrogens is 264 g/mol. The third kappa shape index (κ3) is 3.43. The molecule has 0 bridgehead atoms. The minimum absolute atomic E-state index is 0.0964. The van der Waals surface area contributed by atoms with Gasteiger partial charge in [-0.1, -0.05) is 25.0 Å². The average Bonchev–Trinajstić information content (AvgIpc) is 3.01. The lowest BCUT2D eigenvalue weighted by Crippen LogP contribution is -2.31. The monoisotopic (exact) mass is 286 g/mol. The van der Waals surface area contributed by atoms with Crippen LogP contribution >= 0.6 is 0 Å². The minimum atomic E-state index is 0.0964. The molecule has 0 aromatic heterocycles. The molecule has 4 heteroatoms. The Hall–Kier alpha value is -1.84. The number of hydrogen-bond acceptors (Lipinski definition) is 2. The predicted octanol–water partition coefficient (Wildman–Crippen LogP) is 2.42. The van der Waals surface area contributed by atoms with Gasteiger partial charge in [0.05, 0.1) is 0 Å². The summed E-state index contributed by atoms with van der Waals surface area (Å²) in [6.07, 6.45) is 6.69. The van der Waals surface area contributed by atoms with E-state index < -0.39 is 0 Å². The summed E-state index contributed by atoms with van der Waals surface area (Å²) >= 11 is 0. The number of amides is 2. The van der Waals surface area contributed by atoms with E-state index in [2.05, 4.69) is 16.7 Å². The van der Waals surface area contributed by atoms with E-state index in [0.29, 0.717) is 13.0 Å². The molecule has 0 radical (unpaired) electrons.